The average molecular weight is 412 g/mol. The van der Waals surface area contributed by atoms with Gasteiger partial charge in [-0.3, -0.25) is 15.0 Å². The molecule has 0 bridgehead atoms. The SMILES string of the molecule is CC1CCN(Cc2csc(NC(=O)c3cc(Br)ccc3F)n2)CC1. The van der Waals surface area contributed by atoms with Crippen molar-refractivity contribution in [1.29, 1.82) is 0 Å². The second-order valence-electron chi connectivity index (χ2n) is 6.18. The first-order valence-electron chi connectivity index (χ1n) is 7.94. The van der Waals surface area contributed by atoms with E-state index in [1.165, 1.54) is 36.3 Å². The molecule has 1 saturated heterocycles. The van der Waals surface area contributed by atoms with Gasteiger partial charge >= 0.3 is 0 Å². The van der Waals surface area contributed by atoms with Gasteiger partial charge in [-0.2, -0.15) is 0 Å². The number of nitrogens with zero attached hydrogens (tertiary/aromatic N) is 2. The highest BCUT2D eigenvalue weighted by Crippen LogP contribution is 2.22. The molecule has 2 aromatic rings. The maximum atomic E-state index is 13.8. The molecule has 2 heterocycles. The summed E-state index contributed by atoms with van der Waals surface area (Å²) in [6.45, 7) is 5.26. The van der Waals surface area contributed by atoms with Crippen LogP contribution in [0.2, 0.25) is 0 Å². The van der Waals surface area contributed by atoms with E-state index < -0.39 is 11.7 Å². The van der Waals surface area contributed by atoms with Crippen molar-refractivity contribution in [2.24, 2.45) is 5.92 Å². The van der Waals surface area contributed by atoms with E-state index in [9.17, 15) is 9.18 Å². The average Bonchev–Trinajstić information content (AvgIpc) is 2.99. The zero-order chi connectivity index (χ0) is 17.1. The Morgan fingerprint density at radius 1 is 1.46 bits per heavy atom. The van der Waals surface area contributed by atoms with Crippen LogP contribution in [0.3, 0.4) is 0 Å². The molecule has 4 nitrogen and oxygen atoms in total. The second-order valence-corrected chi connectivity index (χ2v) is 7.95. The van der Waals surface area contributed by atoms with Gasteiger partial charge in [-0.25, -0.2) is 9.37 Å². The first kappa shape index (κ1) is 17.5. The Labute approximate surface area is 153 Å². The third-order valence-electron chi connectivity index (χ3n) is 4.21. The standard InChI is InChI=1S/C17H19BrFN3OS/c1-11-4-6-22(7-5-11)9-13-10-24-17(20-13)21-16(23)14-8-12(18)2-3-15(14)19/h2-3,8,10-11H,4-7,9H2,1H3,(H,20,21,23). The Kier molecular flexibility index (Phi) is 5.63. The summed E-state index contributed by atoms with van der Waals surface area (Å²) in [6, 6.07) is 4.30. The predicted molar refractivity (Wildman–Crippen MR) is 97.8 cm³/mol. The van der Waals surface area contributed by atoms with Crippen molar-refractivity contribution >= 4 is 38.3 Å². The van der Waals surface area contributed by atoms with Crippen LogP contribution in [0.5, 0.6) is 0 Å². The van der Waals surface area contributed by atoms with Gasteiger partial charge in [0.1, 0.15) is 5.82 Å². The zero-order valence-electron chi connectivity index (χ0n) is 13.4. The van der Waals surface area contributed by atoms with Gasteiger partial charge in [0.25, 0.3) is 5.91 Å². The van der Waals surface area contributed by atoms with E-state index in [1.54, 1.807) is 6.07 Å². The maximum absolute atomic E-state index is 13.8. The number of piperidine rings is 1. The van der Waals surface area contributed by atoms with E-state index in [0.717, 1.165) is 31.2 Å². The van der Waals surface area contributed by atoms with Gasteiger partial charge in [0.05, 0.1) is 11.3 Å². The molecule has 0 spiro atoms. The molecule has 128 valence electrons. The highest BCUT2D eigenvalue weighted by atomic mass is 79.9. The van der Waals surface area contributed by atoms with Gasteiger partial charge in [-0.1, -0.05) is 22.9 Å². The van der Waals surface area contributed by atoms with Gasteiger partial charge in [0.2, 0.25) is 0 Å². The highest BCUT2D eigenvalue weighted by Gasteiger charge is 2.18. The molecular weight excluding hydrogens is 393 g/mol. The summed E-state index contributed by atoms with van der Waals surface area (Å²) in [5, 5.41) is 5.13. The Balaban J connectivity index is 1.61. The molecule has 0 radical (unpaired) electrons. The number of amides is 1. The lowest BCUT2D eigenvalue weighted by atomic mass is 9.99. The fraction of sp³-hybridized carbons (Fsp3) is 0.412. The van der Waals surface area contributed by atoms with E-state index in [4.69, 9.17) is 0 Å². The van der Waals surface area contributed by atoms with Gasteiger partial charge in [0, 0.05) is 16.4 Å². The smallest absolute Gasteiger partial charge is 0.260 e. The third-order valence-corrected chi connectivity index (χ3v) is 5.51. The van der Waals surface area contributed by atoms with Crippen LogP contribution in [0.25, 0.3) is 0 Å². The van der Waals surface area contributed by atoms with E-state index in [-0.39, 0.29) is 5.56 Å². The number of nitrogens with one attached hydrogen (secondary N) is 1. The summed E-state index contributed by atoms with van der Waals surface area (Å²) >= 11 is 4.62. The number of thiazole rings is 1. The van der Waals surface area contributed by atoms with Crippen LogP contribution in [0.15, 0.2) is 28.1 Å². The van der Waals surface area contributed by atoms with Crippen molar-refractivity contribution in [3.63, 3.8) is 0 Å². The second kappa shape index (κ2) is 7.72. The van der Waals surface area contributed by atoms with E-state index in [0.29, 0.717) is 9.60 Å². The number of anilines is 1. The maximum Gasteiger partial charge on any atom is 0.260 e. The largest absolute Gasteiger partial charge is 0.298 e. The van der Waals surface area contributed by atoms with Crippen LogP contribution in [-0.4, -0.2) is 28.9 Å². The Morgan fingerprint density at radius 2 is 2.21 bits per heavy atom. The van der Waals surface area contributed by atoms with E-state index in [2.05, 4.69) is 38.1 Å². The fourth-order valence-electron chi connectivity index (χ4n) is 2.72. The molecule has 1 aromatic carbocycles. The Hall–Kier alpha value is -1.31. The molecule has 1 aromatic heterocycles. The number of likely N-dealkylation sites (tertiary alicyclic amines) is 1. The molecule has 0 atom stereocenters. The molecule has 1 aliphatic rings. The molecule has 0 aliphatic carbocycles. The molecule has 3 rings (SSSR count). The van der Waals surface area contributed by atoms with Crippen molar-refractivity contribution in [3.8, 4) is 0 Å². The molecule has 1 N–H and O–H groups in total. The Bertz CT molecular complexity index is 728. The minimum Gasteiger partial charge on any atom is -0.298 e. The third kappa shape index (κ3) is 4.40. The molecule has 1 fully saturated rings. The zero-order valence-corrected chi connectivity index (χ0v) is 15.8. The Morgan fingerprint density at radius 3 is 2.96 bits per heavy atom. The summed E-state index contributed by atoms with van der Waals surface area (Å²) in [6.07, 6.45) is 2.44. The van der Waals surface area contributed by atoms with Crippen molar-refractivity contribution in [2.75, 3.05) is 18.4 Å². The molecule has 0 unspecified atom stereocenters. The quantitative estimate of drug-likeness (QED) is 0.803. The number of rotatable bonds is 4. The van der Waals surface area contributed by atoms with Crippen LogP contribution in [0, 0.1) is 11.7 Å². The van der Waals surface area contributed by atoms with Crippen LogP contribution < -0.4 is 5.32 Å². The van der Waals surface area contributed by atoms with Gasteiger partial charge in [-0.15, -0.1) is 11.3 Å². The minimum absolute atomic E-state index is 0.00569. The number of benzene rings is 1. The number of halogens is 2. The lowest BCUT2D eigenvalue weighted by Gasteiger charge is -2.29. The van der Waals surface area contributed by atoms with Crippen molar-refractivity contribution in [2.45, 2.75) is 26.3 Å². The highest BCUT2D eigenvalue weighted by molar-refractivity contribution is 9.10. The van der Waals surface area contributed by atoms with Crippen LogP contribution in [-0.2, 0) is 6.54 Å². The topological polar surface area (TPSA) is 45.2 Å². The summed E-state index contributed by atoms with van der Waals surface area (Å²) in [5.41, 5.74) is 0.950. The first-order chi connectivity index (χ1) is 11.5. The van der Waals surface area contributed by atoms with Crippen LogP contribution in [0.4, 0.5) is 9.52 Å². The van der Waals surface area contributed by atoms with E-state index in [1.807, 2.05) is 5.38 Å². The summed E-state index contributed by atoms with van der Waals surface area (Å²) < 4.78 is 14.4. The van der Waals surface area contributed by atoms with Crippen molar-refractivity contribution < 1.29 is 9.18 Å². The molecular formula is C17H19BrFN3OS. The number of carbonyl (C=O) groups excluding carboxylic acids is 1. The molecule has 1 amide bonds. The molecule has 1 aliphatic heterocycles. The number of hydrogen-bond donors (Lipinski definition) is 1. The normalized spacial score (nSPS) is 16.3. The number of aromatic nitrogens is 1. The minimum atomic E-state index is -0.546. The monoisotopic (exact) mass is 411 g/mol. The first-order valence-corrected chi connectivity index (χ1v) is 9.61. The predicted octanol–water partition coefficient (Wildman–Crippen LogP) is 4.53. The van der Waals surface area contributed by atoms with Gasteiger partial charge in [-0.05, 0) is 50.0 Å². The number of carbonyl (C=O) groups is 1. The molecule has 24 heavy (non-hydrogen) atoms. The lowest BCUT2D eigenvalue weighted by molar-refractivity contribution is 0.102. The fourth-order valence-corrected chi connectivity index (χ4v) is 3.78. The molecule has 0 saturated carbocycles. The van der Waals surface area contributed by atoms with E-state index >= 15 is 0 Å². The van der Waals surface area contributed by atoms with Crippen molar-refractivity contribution in [1.82, 2.24) is 9.88 Å². The summed E-state index contributed by atoms with van der Waals surface area (Å²) in [4.78, 5) is 19.0. The van der Waals surface area contributed by atoms with Gasteiger partial charge < -0.3 is 0 Å². The summed E-state index contributed by atoms with van der Waals surface area (Å²) in [7, 11) is 0. The lowest BCUT2D eigenvalue weighted by Crippen LogP contribution is -2.32. The van der Waals surface area contributed by atoms with Gasteiger partial charge in [0.15, 0.2) is 5.13 Å². The number of hydrogen-bond acceptors (Lipinski definition) is 4. The van der Waals surface area contributed by atoms with Crippen LogP contribution >= 0.6 is 27.3 Å². The van der Waals surface area contributed by atoms with Crippen molar-refractivity contribution in [3.05, 3.63) is 45.1 Å². The summed E-state index contributed by atoms with van der Waals surface area (Å²) in [5.74, 6) is -0.233. The van der Waals surface area contributed by atoms with Crippen LogP contribution in [0.1, 0.15) is 35.8 Å². The molecule has 7 heteroatoms.